The normalized spacial score (nSPS) is 18.3. The van der Waals surface area contributed by atoms with Crippen LogP contribution in [0.2, 0.25) is 0 Å². The molecule has 1 aliphatic rings. The van der Waals surface area contributed by atoms with E-state index in [1.54, 1.807) is 18.2 Å². The van der Waals surface area contributed by atoms with E-state index in [0.717, 1.165) is 11.1 Å². The number of carbonyl (C=O) groups is 1. The molecular weight excluding hydrogens is 364 g/mol. The first kappa shape index (κ1) is 19.3. The molecule has 27 heavy (non-hydrogen) atoms. The number of anilines is 2. The van der Waals surface area contributed by atoms with Crippen LogP contribution in [0.1, 0.15) is 34.8 Å². The van der Waals surface area contributed by atoms with Crippen molar-refractivity contribution in [1.82, 2.24) is 10.2 Å². The van der Waals surface area contributed by atoms with Crippen LogP contribution in [-0.2, 0) is 9.84 Å². The van der Waals surface area contributed by atoms with Crippen molar-refractivity contribution in [3.63, 3.8) is 0 Å². The Morgan fingerprint density at radius 2 is 1.96 bits per heavy atom. The summed E-state index contributed by atoms with van der Waals surface area (Å²) >= 11 is 0. The average Bonchev–Trinajstić information content (AvgIpc) is 2.99. The predicted molar refractivity (Wildman–Crippen MR) is 106 cm³/mol. The number of carbonyl (C=O) groups excluding carboxylic acids is 1. The van der Waals surface area contributed by atoms with Gasteiger partial charge in [0.25, 0.3) is 5.91 Å². The highest BCUT2D eigenvalue weighted by Gasteiger charge is 2.32. The lowest BCUT2D eigenvalue weighted by molar-refractivity contribution is 0.102. The van der Waals surface area contributed by atoms with Gasteiger partial charge in [-0.2, -0.15) is 0 Å². The summed E-state index contributed by atoms with van der Waals surface area (Å²) in [6.45, 7) is 6.56. The number of sulfone groups is 1. The molecule has 1 aromatic carbocycles. The number of nitrogens with zero attached hydrogens (tertiary/aromatic N) is 3. The van der Waals surface area contributed by atoms with Gasteiger partial charge in [0.2, 0.25) is 0 Å². The molecule has 1 unspecified atom stereocenters. The Bertz CT molecular complexity index is 942. The first-order chi connectivity index (χ1) is 12.8. The topological polar surface area (TPSA) is 92.3 Å². The number of nitrogens with one attached hydrogen (secondary N) is 1. The molecule has 0 saturated carbocycles. The molecule has 0 bridgehead atoms. The molecule has 8 heteroatoms. The third kappa shape index (κ3) is 4.44. The van der Waals surface area contributed by atoms with Gasteiger partial charge in [-0.3, -0.25) is 4.79 Å². The van der Waals surface area contributed by atoms with E-state index in [4.69, 9.17) is 0 Å². The SMILES string of the molecule is CCN(c1ccc(NC(=O)c2ccc(C)c(C)c2)nn1)C1CCS(=O)(=O)C1. The lowest BCUT2D eigenvalue weighted by Gasteiger charge is -2.27. The van der Waals surface area contributed by atoms with Gasteiger partial charge >= 0.3 is 0 Å². The highest BCUT2D eigenvalue weighted by Crippen LogP contribution is 2.23. The molecule has 1 amide bonds. The van der Waals surface area contributed by atoms with E-state index in [-0.39, 0.29) is 23.5 Å². The summed E-state index contributed by atoms with van der Waals surface area (Å²) in [7, 11) is -2.97. The van der Waals surface area contributed by atoms with Crippen molar-refractivity contribution in [3.8, 4) is 0 Å². The molecule has 7 nitrogen and oxygen atoms in total. The summed E-state index contributed by atoms with van der Waals surface area (Å²) in [5.41, 5.74) is 2.74. The molecule has 1 atom stereocenters. The van der Waals surface area contributed by atoms with E-state index in [9.17, 15) is 13.2 Å². The minimum absolute atomic E-state index is 0.0784. The third-order valence-electron chi connectivity index (χ3n) is 4.95. The Labute approximate surface area is 159 Å². The molecule has 1 aliphatic heterocycles. The quantitative estimate of drug-likeness (QED) is 0.845. The van der Waals surface area contributed by atoms with Crippen LogP contribution in [0.3, 0.4) is 0 Å². The van der Waals surface area contributed by atoms with Gasteiger partial charge in [0.15, 0.2) is 21.5 Å². The summed E-state index contributed by atoms with van der Waals surface area (Å²) < 4.78 is 23.5. The Kier molecular flexibility index (Phi) is 5.46. The molecule has 2 heterocycles. The third-order valence-corrected chi connectivity index (χ3v) is 6.70. The predicted octanol–water partition coefficient (Wildman–Crippen LogP) is 2.36. The Morgan fingerprint density at radius 3 is 2.52 bits per heavy atom. The standard InChI is InChI=1S/C19H24N4O3S/c1-4-23(16-9-10-27(25,26)12-16)18-8-7-17(21-22-18)20-19(24)15-6-5-13(2)14(3)11-15/h5-8,11,16H,4,9-10,12H2,1-3H3,(H,20,21,24). The van der Waals surface area contributed by atoms with Gasteiger partial charge in [0.1, 0.15) is 0 Å². The number of rotatable bonds is 5. The number of benzene rings is 1. The Hall–Kier alpha value is -2.48. The van der Waals surface area contributed by atoms with Crippen molar-refractivity contribution in [2.24, 2.45) is 0 Å². The lowest BCUT2D eigenvalue weighted by atomic mass is 10.1. The number of amides is 1. The Morgan fingerprint density at radius 1 is 1.19 bits per heavy atom. The second-order valence-corrected chi connectivity index (χ2v) is 9.10. The van der Waals surface area contributed by atoms with Gasteiger partial charge < -0.3 is 10.2 Å². The zero-order valence-corrected chi connectivity index (χ0v) is 16.6. The number of aryl methyl sites for hydroxylation is 2. The number of aromatic nitrogens is 2. The van der Waals surface area contributed by atoms with E-state index in [0.29, 0.717) is 30.2 Å². The second kappa shape index (κ2) is 7.64. The maximum absolute atomic E-state index is 12.4. The zero-order valence-electron chi connectivity index (χ0n) is 15.8. The van der Waals surface area contributed by atoms with Crippen LogP contribution < -0.4 is 10.2 Å². The minimum Gasteiger partial charge on any atom is -0.351 e. The molecule has 2 aromatic rings. The lowest BCUT2D eigenvalue weighted by Crippen LogP contribution is -2.36. The molecule has 0 aliphatic carbocycles. The summed E-state index contributed by atoms with van der Waals surface area (Å²) in [6, 6.07) is 8.90. The smallest absolute Gasteiger partial charge is 0.256 e. The fourth-order valence-corrected chi connectivity index (χ4v) is 4.98. The fraction of sp³-hybridized carbons (Fsp3) is 0.421. The van der Waals surface area contributed by atoms with Gasteiger partial charge in [0, 0.05) is 18.2 Å². The van der Waals surface area contributed by atoms with Crippen LogP contribution in [0, 0.1) is 13.8 Å². The molecule has 0 spiro atoms. The van der Waals surface area contributed by atoms with Gasteiger partial charge in [-0.25, -0.2) is 8.42 Å². The van der Waals surface area contributed by atoms with E-state index in [1.165, 1.54) is 0 Å². The highest BCUT2D eigenvalue weighted by molar-refractivity contribution is 7.91. The van der Waals surface area contributed by atoms with Gasteiger partial charge in [-0.05, 0) is 62.6 Å². The summed E-state index contributed by atoms with van der Waals surface area (Å²) in [5.74, 6) is 1.09. The maximum Gasteiger partial charge on any atom is 0.256 e. The van der Waals surface area contributed by atoms with Crippen LogP contribution >= 0.6 is 0 Å². The molecular formula is C19H24N4O3S. The van der Waals surface area contributed by atoms with Crippen molar-refractivity contribution >= 4 is 27.4 Å². The highest BCUT2D eigenvalue weighted by atomic mass is 32.2. The zero-order chi connectivity index (χ0) is 19.6. The van der Waals surface area contributed by atoms with E-state index >= 15 is 0 Å². The van der Waals surface area contributed by atoms with Crippen LogP contribution in [0.25, 0.3) is 0 Å². The van der Waals surface area contributed by atoms with Gasteiger partial charge in [-0.15, -0.1) is 10.2 Å². The van der Waals surface area contributed by atoms with E-state index in [1.807, 2.05) is 37.8 Å². The average molecular weight is 388 g/mol. The molecule has 1 fully saturated rings. The van der Waals surface area contributed by atoms with Crippen LogP contribution in [0.4, 0.5) is 11.6 Å². The first-order valence-corrected chi connectivity index (χ1v) is 10.8. The van der Waals surface area contributed by atoms with Crippen molar-refractivity contribution in [2.45, 2.75) is 33.2 Å². The molecule has 1 N–H and O–H groups in total. The van der Waals surface area contributed by atoms with Crippen molar-refractivity contribution < 1.29 is 13.2 Å². The number of hydrogen-bond donors (Lipinski definition) is 1. The summed E-state index contributed by atoms with van der Waals surface area (Å²) in [6.07, 6.45) is 0.600. The van der Waals surface area contributed by atoms with Crippen LogP contribution in [-0.4, -0.2) is 48.6 Å². The monoisotopic (exact) mass is 388 g/mol. The molecule has 1 aromatic heterocycles. The van der Waals surface area contributed by atoms with Crippen molar-refractivity contribution in [3.05, 3.63) is 47.0 Å². The minimum atomic E-state index is -2.97. The molecule has 1 saturated heterocycles. The van der Waals surface area contributed by atoms with Crippen molar-refractivity contribution in [2.75, 3.05) is 28.3 Å². The second-order valence-electron chi connectivity index (χ2n) is 6.87. The number of hydrogen-bond acceptors (Lipinski definition) is 6. The fourth-order valence-electron chi connectivity index (χ4n) is 3.24. The molecule has 0 radical (unpaired) electrons. The van der Waals surface area contributed by atoms with E-state index in [2.05, 4.69) is 15.5 Å². The molecule has 144 valence electrons. The first-order valence-electron chi connectivity index (χ1n) is 8.98. The molecule has 3 rings (SSSR count). The Balaban J connectivity index is 1.71. The van der Waals surface area contributed by atoms with E-state index < -0.39 is 9.84 Å². The van der Waals surface area contributed by atoms with Gasteiger partial charge in [-0.1, -0.05) is 6.07 Å². The maximum atomic E-state index is 12.4. The van der Waals surface area contributed by atoms with Gasteiger partial charge in [0.05, 0.1) is 11.5 Å². The van der Waals surface area contributed by atoms with Crippen LogP contribution in [0.15, 0.2) is 30.3 Å². The summed E-state index contributed by atoms with van der Waals surface area (Å²) in [4.78, 5) is 14.3. The summed E-state index contributed by atoms with van der Waals surface area (Å²) in [5, 5.41) is 11.0. The largest absolute Gasteiger partial charge is 0.351 e. The van der Waals surface area contributed by atoms with Crippen LogP contribution in [0.5, 0.6) is 0 Å². The van der Waals surface area contributed by atoms with Crippen molar-refractivity contribution in [1.29, 1.82) is 0 Å².